The number of nitrogen functional groups attached to an aromatic ring is 1. The Bertz CT molecular complexity index is 1140. The van der Waals surface area contributed by atoms with Gasteiger partial charge in [0.2, 0.25) is 11.9 Å². The monoisotopic (exact) mass is 367 g/mol. The van der Waals surface area contributed by atoms with Crippen molar-refractivity contribution in [2.45, 2.75) is 6.54 Å². The molecule has 0 aliphatic carbocycles. The molecule has 27 heavy (non-hydrogen) atoms. The molecule has 0 atom stereocenters. The van der Waals surface area contributed by atoms with Gasteiger partial charge in [0.1, 0.15) is 0 Å². The third-order valence-corrected chi connectivity index (χ3v) is 4.13. The first-order valence-electron chi connectivity index (χ1n) is 8.12. The highest BCUT2D eigenvalue weighted by atomic mass is 19.2. The minimum absolute atomic E-state index is 0.00806. The quantitative estimate of drug-likeness (QED) is 0.576. The SMILES string of the molecule is Cn1ncc2cc(-c3nc(N)nc(NCc4cccc(F)c4F)n3)ccc21. The van der Waals surface area contributed by atoms with Gasteiger partial charge in [-0.1, -0.05) is 12.1 Å². The zero-order chi connectivity index (χ0) is 19.0. The number of hydrogen-bond acceptors (Lipinski definition) is 6. The largest absolute Gasteiger partial charge is 0.368 e. The first-order chi connectivity index (χ1) is 13.0. The Hall–Kier alpha value is -3.62. The van der Waals surface area contributed by atoms with E-state index in [1.165, 1.54) is 12.1 Å². The standard InChI is InChI=1S/C18H15F2N7/c1-27-14-6-5-10(7-12(14)9-23-27)16-24-17(21)26-18(25-16)22-8-11-3-2-4-13(19)15(11)20/h2-7,9H,8H2,1H3,(H3,21,22,24,25,26). The Morgan fingerprint density at radius 3 is 2.81 bits per heavy atom. The number of aryl methyl sites for hydroxylation is 1. The molecule has 0 spiro atoms. The first kappa shape index (κ1) is 16.8. The molecular formula is C18H15F2N7. The highest BCUT2D eigenvalue weighted by molar-refractivity contribution is 5.83. The predicted molar refractivity (Wildman–Crippen MR) is 97.6 cm³/mol. The fourth-order valence-electron chi connectivity index (χ4n) is 2.76. The third-order valence-electron chi connectivity index (χ3n) is 4.13. The molecule has 136 valence electrons. The second-order valence-electron chi connectivity index (χ2n) is 5.95. The van der Waals surface area contributed by atoms with Crippen molar-refractivity contribution in [3.63, 3.8) is 0 Å². The van der Waals surface area contributed by atoms with Gasteiger partial charge in [-0.05, 0) is 24.3 Å². The first-order valence-corrected chi connectivity index (χ1v) is 8.12. The van der Waals surface area contributed by atoms with Crippen LogP contribution in [0.1, 0.15) is 5.56 Å². The average molecular weight is 367 g/mol. The van der Waals surface area contributed by atoms with E-state index in [0.29, 0.717) is 5.82 Å². The molecule has 0 aliphatic heterocycles. The fraction of sp³-hybridized carbons (Fsp3) is 0.111. The lowest BCUT2D eigenvalue weighted by atomic mass is 10.1. The van der Waals surface area contributed by atoms with Crippen molar-refractivity contribution in [3.8, 4) is 11.4 Å². The number of fused-ring (bicyclic) bond motifs is 1. The number of aromatic nitrogens is 5. The Morgan fingerprint density at radius 2 is 1.96 bits per heavy atom. The molecule has 0 aliphatic rings. The molecule has 2 heterocycles. The van der Waals surface area contributed by atoms with Crippen molar-refractivity contribution < 1.29 is 8.78 Å². The van der Waals surface area contributed by atoms with Gasteiger partial charge >= 0.3 is 0 Å². The van der Waals surface area contributed by atoms with Crippen molar-refractivity contribution >= 4 is 22.8 Å². The van der Waals surface area contributed by atoms with Crippen LogP contribution in [0, 0.1) is 11.6 Å². The van der Waals surface area contributed by atoms with Crippen LogP contribution >= 0.6 is 0 Å². The minimum Gasteiger partial charge on any atom is -0.368 e. The minimum atomic E-state index is -0.908. The van der Waals surface area contributed by atoms with Crippen LogP contribution < -0.4 is 11.1 Å². The van der Waals surface area contributed by atoms with E-state index in [4.69, 9.17) is 5.73 Å². The van der Waals surface area contributed by atoms with E-state index in [1.54, 1.807) is 10.9 Å². The molecule has 0 fully saturated rings. The number of halogens is 2. The number of anilines is 2. The summed E-state index contributed by atoms with van der Waals surface area (Å²) in [5, 5.41) is 8.00. The summed E-state index contributed by atoms with van der Waals surface area (Å²) in [6.45, 7) is 0.00806. The molecule has 3 N–H and O–H groups in total. The van der Waals surface area contributed by atoms with Gasteiger partial charge in [0.05, 0.1) is 11.7 Å². The van der Waals surface area contributed by atoms with Crippen LogP contribution in [-0.2, 0) is 13.6 Å². The maximum Gasteiger partial charge on any atom is 0.228 e. The number of rotatable bonds is 4. The molecule has 0 bridgehead atoms. The van der Waals surface area contributed by atoms with E-state index in [1.807, 2.05) is 25.2 Å². The summed E-state index contributed by atoms with van der Waals surface area (Å²) in [4.78, 5) is 12.5. The van der Waals surface area contributed by atoms with Gasteiger partial charge in [0.15, 0.2) is 17.5 Å². The average Bonchev–Trinajstić information content (AvgIpc) is 3.03. The fourth-order valence-corrected chi connectivity index (χ4v) is 2.76. The van der Waals surface area contributed by atoms with Crippen LogP contribution in [0.15, 0.2) is 42.6 Å². The van der Waals surface area contributed by atoms with Crippen molar-refractivity contribution in [3.05, 3.63) is 59.8 Å². The molecule has 9 heteroatoms. The molecular weight excluding hydrogens is 352 g/mol. The number of nitrogens with one attached hydrogen (secondary N) is 1. The highest BCUT2D eigenvalue weighted by Gasteiger charge is 2.11. The van der Waals surface area contributed by atoms with Gasteiger partial charge in [0.25, 0.3) is 0 Å². The lowest BCUT2D eigenvalue weighted by molar-refractivity contribution is 0.500. The van der Waals surface area contributed by atoms with Crippen molar-refractivity contribution in [2.75, 3.05) is 11.1 Å². The second kappa shape index (κ2) is 6.60. The molecule has 4 aromatic rings. The number of benzene rings is 2. The summed E-state index contributed by atoms with van der Waals surface area (Å²) in [7, 11) is 1.86. The second-order valence-corrected chi connectivity index (χ2v) is 5.95. The summed E-state index contributed by atoms with van der Waals surface area (Å²) < 4.78 is 28.9. The molecule has 0 radical (unpaired) electrons. The van der Waals surface area contributed by atoms with Crippen molar-refractivity contribution in [1.29, 1.82) is 0 Å². The van der Waals surface area contributed by atoms with Crippen LogP contribution in [0.4, 0.5) is 20.7 Å². The van der Waals surface area contributed by atoms with Gasteiger partial charge in [-0.15, -0.1) is 0 Å². The Kier molecular flexibility index (Phi) is 4.11. The Labute approximate surface area is 152 Å². The maximum atomic E-state index is 13.8. The number of nitrogens with zero attached hydrogens (tertiary/aromatic N) is 5. The van der Waals surface area contributed by atoms with Crippen molar-refractivity contribution in [2.24, 2.45) is 7.05 Å². The summed E-state index contributed by atoms with van der Waals surface area (Å²) in [5.41, 5.74) is 7.66. The highest BCUT2D eigenvalue weighted by Crippen LogP contribution is 2.23. The van der Waals surface area contributed by atoms with E-state index >= 15 is 0 Å². The van der Waals surface area contributed by atoms with Crippen LogP contribution in [-0.4, -0.2) is 24.7 Å². The maximum absolute atomic E-state index is 13.8. The van der Waals surface area contributed by atoms with Crippen molar-refractivity contribution in [1.82, 2.24) is 24.7 Å². The normalized spacial score (nSPS) is 11.1. The van der Waals surface area contributed by atoms with Crippen LogP contribution in [0.5, 0.6) is 0 Å². The number of hydrogen-bond donors (Lipinski definition) is 2. The summed E-state index contributed by atoms with van der Waals surface area (Å²) in [6.07, 6.45) is 1.75. The van der Waals surface area contributed by atoms with Gasteiger partial charge in [-0.25, -0.2) is 8.78 Å². The van der Waals surface area contributed by atoms with E-state index in [2.05, 4.69) is 25.4 Å². The Morgan fingerprint density at radius 1 is 1.11 bits per heavy atom. The van der Waals surface area contributed by atoms with Crippen LogP contribution in [0.25, 0.3) is 22.3 Å². The molecule has 2 aromatic carbocycles. The molecule has 4 rings (SSSR count). The van der Waals surface area contributed by atoms with E-state index < -0.39 is 11.6 Å². The molecule has 0 amide bonds. The summed E-state index contributed by atoms with van der Waals surface area (Å²) >= 11 is 0. The summed E-state index contributed by atoms with van der Waals surface area (Å²) in [5.74, 6) is -1.25. The van der Waals surface area contributed by atoms with E-state index in [9.17, 15) is 8.78 Å². The van der Waals surface area contributed by atoms with Crippen LogP contribution in [0.2, 0.25) is 0 Å². The zero-order valence-corrected chi connectivity index (χ0v) is 14.3. The van der Waals surface area contributed by atoms with E-state index in [0.717, 1.165) is 22.5 Å². The van der Waals surface area contributed by atoms with Gasteiger partial charge in [-0.3, -0.25) is 4.68 Å². The zero-order valence-electron chi connectivity index (χ0n) is 14.3. The molecule has 7 nitrogen and oxygen atoms in total. The van der Waals surface area contributed by atoms with Gasteiger partial charge < -0.3 is 11.1 Å². The van der Waals surface area contributed by atoms with Crippen LogP contribution in [0.3, 0.4) is 0 Å². The predicted octanol–water partition coefficient (Wildman–Crippen LogP) is 2.90. The number of nitrogens with two attached hydrogens (primary N) is 1. The third kappa shape index (κ3) is 3.26. The lowest BCUT2D eigenvalue weighted by Gasteiger charge is -2.08. The van der Waals surface area contributed by atoms with Gasteiger partial charge in [-0.2, -0.15) is 20.1 Å². The smallest absolute Gasteiger partial charge is 0.228 e. The topological polar surface area (TPSA) is 94.5 Å². The molecule has 2 aromatic heterocycles. The molecule has 0 saturated heterocycles. The molecule has 0 saturated carbocycles. The van der Waals surface area contributed by atoms with Gasteiger partial charge in [0, 0.05) is 30.1 Å². The lowest BCUT2D eigenvalue weighted by Crippen LogP contribution is -2.09. The molecule has 0 unspecified atom stereocenters. The van der Waals surface area contributed by atoms with E-state index in [-0.39, 0.29) is 24.0 Å². The Balaban J connectivity index is 1.63. The summed E-state index contributed by atoms with van der Waals surface area (Å²) in [6, 6.07) is 9.64.